The van der Waals surface area contributed by atoms with Gasteiger partial charge in [0.1, 0.15) is 4.32 Å². The third-order valence-electron chi connectivity index (χ3n) is 16.4. The lowest BCUT2D eigenvalue weighted by molar-refractivity contribution is -0.181. The van der Waals surface area contributed by atoms with Gasteiger partial charge in [-0.15, -0.1) is 0 Å². The van der Waals surface area contributed by atoms with Crippen LogP contribution in [0.5, 0.6) is 0 Å². The van der Waals surface area contributed by atoms with Gasteiger partial charge in [0, 0.05) is 31.7 Å². The minimum atomic E-state index is -0.459. The van der Waals surface area contributed by atoms with Crippen molar-refractivity contribution in [1.29, 1.82) is 0 Å². The Morgan fingerprint density at radius 3 is 2.36 bits per heavy atom. The van der Waals surface area contributed by atoms with Crippen LogP contribution in [-0.4, -0.2) is 60.5 Å². The van der Waals surface area contributed by atoms with Gasteiger partial charge in [0.15, 0.2) is 0 Å². The van der Waals surface area contributed by atoms with Crippen LogP contribution in [0.1, 0.15) is 125 Å². The molecule has 1 aromatic rings. The first kappa shape index (κ1) is 41.2. The Bertz CT molecular complexity index is 1900. The molecule has 7 atom stereocenters. The van der Waals surface area contributed by atoms with Crippen LogP contribution >= 0.6 is 24.0 Å². The van der Waals surface area contributed by atoms with Crippen LogP contribution < -0.4 is 4.90 Å². The summed E-state index contributed by atoms with van der Waals surface area (Å²) in [6, 6.07) is 7.98. The topological polar surface area (TPSA) is 88.5 Å². The van der Waals surface area contributed by atoms with E-state index in [2.05, 4.69) is 59.7 Å². The fraction of sp³-hybridized carbons (Fsp3) is 0.674. The number of benzene rings is 1. The average Bonchev–Trinajstić information content (AvgIpc) is 3.40. The number of rotatable bonds is 7. The Morgan fingerprint density at radius 1 is 0.982 bits per heavy atom. The highest BCUT2D eigenvalue weighted by Gasteiger charge is 2.69. The number of oxime groups is 1. The molecule has 1 aromatic carbocycles. The van der Waals surface area contributed by atoms with E-state index in [4.69, 9.17) is 21.8 Å². The summed E-state index contributed by atoms with van der Waals surface area (Å²) in [6.45, 7) is 17.2. The second-order valence-corrected chi connectivity index (χ2v) is 21.8. The fourth-order valence-corrected chi connectivity index (χ4v) is 14.2. The normalized spacial score (nSPS) is 37.2. The van der Waals surface area contributed by atoms with Crippen molar-refractivity contribution in [3.05, 3.63) is 46.4 Å². The van der Waals surface area contributed by atoms with E-state index in [1.165, 1.54) is 16.7 Å². The van der Waals surface area contributed by atoms with Crippen molar-refractivity contribution in [2.75, 3.05) is 32.6 Å². The molecule has 56 heavy (non-hydrogen) atoms. The molecule has 0 radical (unpaired) electrons. The van der Waals surface area contributed by atoms with Crippen molar-refractivity contribution >= 4 is 63.6 Å². The molecule has 0 bridgehead atoms. The molecule has 0 N–H and O–H groups in total. The first-order valence-electron chi connectivity index (χ1n) is 20.8. The maximum Gasteiger partial charge on any atom is 0.336 e. The van der Waals surface area contributed by atoms with Gasteiger partial charge in [0.05, 0.1) is 29.6 Å². The molecular formula is C46H63N3O5S2. The average molecular weight is 802 g/mol. The van der Waals surface area contributed by atoms with Crippen molar-refractivity contribution in [2.24, 2.45) is 55.4 Å². The molecule has 6 aliphatic rings. The molecule has 1 amide bonds. The Kier molecular flexibility index (Phi) is 10.6. The summed E-state index contributed by atoms with van der Waals surface area (Å²) >= 11 is 6.80. The molecule has 304 valence electrons. The highest BCUT2D eigenvalue weighted by molar-refractivity contribution is 8.26. The number of ether oxygens (including phenoxy) is 1. The quantitative estimate of drug-likeness (QED) is 0.0673. The highest BCUT2D eigenvalue weighted by Crippen LogP contribution is 2.75. The lowest BCUT2D eigenvalue weighted by Crippen LogP contribution is -2.64. The van der Waals surface area contributed by atoms with Gasteiger partial charge in [0.2, 0.25) is 0 Å². The van der Waals surface area contributed by atoms with Crippen molar-refractivity contribution in [3.8, 4) is 0 Å². The lowest BCUT2D eigenvalue weighted by Gasteiger charge is -2.70. The van der Waals surface area contributed by atoms with Crippen molar-refractivity contribution in [2.45, 2.75) is 119 Å². The molecule has 0 unspecified atom stereocenters. The molecule has 1 heterocycles. The maximum atomic E-state index is 13.6. The first-order chi connectivity index (χ1) is 26.2. The van der Waals surface area contributed by atoms with Crippen LogP contribution in [0.2, 0.25) is 0 Å². The number of thiocarbonyl (C=S) groups is 1. The minimum absolute atomic E-state index is 0.00144. The van der Waals surface area contributed by atoms with Gasteiger partial charge in [-0.2, -0.15) is 0 Å². The summed E-state index contributed by atoms with van der Waals surface area (Å²) in [5.74, 6) is 0.486. The predicted octanol–water partition coefficient (Wildman–Crippen LogP) is 10.2. The van der Waals surface area contributed by atoms with Crippen molar-refractivity contribution in [1.82, 2.24) is 4.90 Å². The molecule has 4 saturated carbocycles. The summed E-state index contributed by atoms with van der Waals surface area (Å²) in [7, 11) is 5.55. The molecular weight excluding hydrogens is 739 g/mol. The molecule has 0 aromatic heterocycles. The number of nitrogens with zero attached hydrogens (tertiary/aromatic N) is 3. The maximum absolute atomic E-state index is 13.6. The largest absolute Gasteiger partial charge is 0.469 e. The molecule has 0 spiro atoms. The summed E-state index contributed by atoms with van der Waals surface area (Å²) in [5, 5.41) is 4.58. The second-order valence-electron chi connectivity index (χ2n) is 20.2. The van der Waals surface area contributed by atoms with Crippen LogP contribution in [0.4, 0.5) is 5.69 Å². The van der Waals surface area contributed by atoms with E-state index in [9.17, 15) is 14.4 Å². The number of hydrogen-bond acceptors (Lipinski definition) is 9. The number of hydrogen-bond donors (Lipinski definition) is 0. The van der Waals surface area contributed by atoms with Gasteiger partial charge in [-0.1, -0.05) is 101 Å². The zero-order chi connectivity index (χ0) is 40.6. The van der Waals surface area contributed by atoms with Crippen LogP contribution in [-0.2, 0) is 24.0 Å². The van der Waals surface area contributed by atoms with E-state index >= 15 is 0 Å². The van der Waals surface area contributed by atoms with Gasteiger partial charge in [-0.3, -0.25) is 14.5 Å². The van der Waals surface area contributed by atoms with E-state index in [1.807, 2.05) is 49.3 Å². The molecule has 5 aliphatic carbocycles. The Morgan fingerprint density at radius 2 is 1.68 bits per heavy atom. The summed E-state index contributed by atoms with van der Waals surface area (Å²) < 4.78 is 6.00. The predicted molar refractivity (Wildman–Crippen MR) is 230 cm³/mol. The zero-order valence-corrected chi connectivity index (χ0v) is 37.0. The summed E-state index contributed by atoms with van der Waals surface area (Å²) in [4.78, 5) is 49.7. The summed E-state index contributed by atoms with van der Waals surface area (Å²) in [6.07, 6.45) is 14.4. The van der Waals surface area contributed by atoms with Crippen molar-refractivity contribution in [3.63, 3.8) is 0 Å². The number of esters is 1. The number of methoxy groups -OCH3 is 1. The Hall–Kier alpha value is -2.98. The number of carbonyl (C=O) groups is 3. The van der Waals surface area contributed by atoms with Gasteiger partial charge >= 0.3 is 11.9 Å². The standard InChI is InChI=1S/C46H63N3O5S2/c1-41(2)22-24-46(39(52)53-10)25-23-44(6)31(32(46)28-41)15-16-35-43(5)20-18-36(42(3,4)34(43)17-21-45(35,44)7)47-54-37(50)19-26-49-38(51)33(56-40(49)55)27-29-11-13-30(14-12-29)48(8)9/h11-15,27,32,34-35H,16-26,28H2,1-10H3/b33-27-,47-36-/t32-,34-,35+,43-,44+,45+,46-/m0/s1. The number of amides is 1. The molecule has 8 nitrogen and oxygen atoms in total. The molecule has 7 rings (SSSR count). The Balaban J connectivity index is 1.03. The molecule has 5 fully saturated rings. The molecule has 10 heteroatoms. The number of carbonyl (C=O) groups excluding carboxylic acids is 3. The van der Waals surface area contributed by atoms with Gasteiger partial charge < -0.3 is 14.5 Å². The van der Waals surface area contributed by atoms with Crippen molar-refractivity contribution < 1.29 is 24.0 Å². The highest BCUT2D eigenvalue weighted by atomic mass is 32.2. The molecule has 1 saturated heterocycles. The fourth-order valence-electron chi connectivity index (χ4n) is 12.9. The van der Waals surface area contributed by atoms with Gasteiger partial charge in [0.25, 0.3) is 5.91 Å². The number of allylic oxidation sites excluding steroid dienone is 2. The lowest BCUT2D eigenvalue weighted by atomic mass is 9.33. The van der Waals surface area contributed by atoms with E-state index in [0.29, 0.717) is 21.1 Å². The van der Waals surface area contributed by atoms with Gasteiger partial charge in [-0.25, -0.2) is 4.79 Å². The third-order valence-corrected chi connectivity index (χ3v) is 17.8. The molecule has 1 aliphatic heterocycles. The number of fused-ring (bicyclic) bond motifs is 7. The van der Waals surface area contributed by atoms with Crippen LogP contribution in [0.25, 0.3) is 6.08 Å². The summed E-state index contributed by atoms with van der Waals surface area (Å²) in [5.41, 5.74) is 4.29. The smallest absolute Gasteiger partial charge is 0.336 e. The zero-order valence-electron chi connectivity index (χ0n) is 35.4. The second kappa shape index (κ2) is 14.4. The number of thioether (sulfide) groups is 1. The van der Waals surface area contributed by atoms with E-state index in [1.54, 1.807) is 12.7 Å². The van der Waals surface area contributed by atoms with Crippen LogP contribution in [0, 0.1) is 50.2 Å². The monoisotopic (exact) mass is 801 g/mol. The third kappa shape index (κ3) is 6.51. The minimum Gasteiger partial charge on any atom is -0.469 e. The number of anilines is 1. The van der Waals surface area contributed by atoms with Gasteiger partial charge in [-0.05, 0) is 127 Å². The van der Waals surface area contributed by atoms with E-state index in [0.717, 1.165) is 81.2 Å². The van der Waals surface area contributed by atoms with E-state index < -0.39 is 11.4 Å². The SMILES string of the molecule is COC(=O)[C@]12CCC(C)(C)C[C@H]1C1=CC[C@@H]3[C@@]4(C)CC/C(=N/OC(=O)CCN5C(=O)/C(=C/c6ccc(N(C)C)cc6)SC5=S)C(C)(C)[C@@H]4CC[C@@]3(C)[C@]1(C)CC2. The van der Waals surface area contributed by atoms with Crippen LogP contribution in [0.15, 0.2) is 46.0 Å². The Labute approximate surface area is 344 Å². The van der Waals surface area contributed by atoms with Crippen LogP contribution in [0.3, 0.4) is 0 Å². The first-order valence-corrected chi connectivity index (χ1v) is 22.0. The van der Waals surface area contributed by atoms with E-state index in [-0.39, 0.29) is 57.8 Å².